The molecule has 0 aliphatic rings. The number of benzene rings is 3. The van der Waals surface area contributed by atoms with E-state index >= 15 is 0 Å². The molecule has 0 radical (unpaired) electrons. The molecule has 0 heterocycles. The summed E-state index contributed by atoms with van der Waals surface area (Å²) in [5.74, 6) is -0.139. The van der Waals surface area contributed by atoms with Gasteiger partial charge >= 0.3 is 0 Å². The van der Waals surface area contributed by atoms with Gasteiger partial charge in [-0.05, 0) is 47.5 Å². The maximum absolute atomic E-state index is 12.1. The van der Waals surface area contributed by atoms with Crippen molar-refractivity contribution < 1.29 is 17.9 Å². The molecule has 6 nitrogen and oxygen atoms in total. The number of rotatable bonds is 7. The van der Waals surface area contributed by atoms with E-state index < -0.39 is 15.9 Å². The molecule has 0 unspecified atom stereocenters. The van der Waals surface area contributed by atoms with Crippen LogP contribution < -0.4 is 15.0 Å². The molecular weight excluding hydrogens is 400 g/mol. The van der Waals surface area contributed by atoms with Gasteiger partial charge in [-0.1, -0.05) is 54.1 Å². The Morgan fingerprint density at radius 3 is 2.11 bits per heavy atom. The number of carbonyl (C=O) groups excluding carboxylic acids is 1. The average molecular weight is 417 g/mol. The molecule has 0 aliphatic carbocycles. The Bertz CT molecular complexity index is 1040. The second-order valence-corrected chi connectivity index (χ2v) is 7.91. The maximum atomic E-state index is 12.1. The molecule has 0 saturated carbocycles. The summed E-state index contributed by atoms with van der Waals surface area (Å²) in [4.78, 5) is 13.8. The lowest BCUT2D eigenvalue weighted by molar-refractivity contribution is -0.123. The molecule has 0 atom stereocenters. The minimum Gasteiger partial charge on any atom is -0.484 e. The SMILES string of the molecule is O=C(COc1ccc(-c2ccccc2)cc1)NNS(=O)(=O)c1ccc(Cl)cc1. The third kappa shape index (κ3) is 5.32. The molecule has 0 aromatic heterocycles. The smallest absolute Gasteiger partial charge is 0.272 e. The quantitative estimate of drug-likeness (QED) is 0.578. The fourth-order valence-electron chi connectivity index (χ4n) is 2.36. The summed E-state index contributed by atoms with van der Waals surface area (Å²) in [7, 11) is -3.89. The first kappa shape index (κ1) is 19.9. The van der Waals surface area contributed by atoms with E-state index in [1.165, 1.54) is 24.3 Å². The van der Waals surface area contributed by atoms with Gasteiger partial charge in [0.1, 0.15) is 5.75 Å². The first-order valence-corrected chi connectivity index (χ1v) is 10.1. The predicted molar refractivity (Wildman–Crippen MR) is 107 cm³/mol. The van der Waals surface area contributed by atoms with Crippen molar-refractivity contribution in [2.24, 2.45) is 0 Å². The zero-order chi connectivity index (χ0) is 20.0. The average Bonchev–Trinajstić information content (AvgIpc) is 2.72. The fraction of sp³-hybridized carbons (Fsp3) is 0.0500. The van der Waals surface area contributed by atoms with Gasteiger partial charge in [0.15, 0.2) is 6.61 Å². The van der Waals surface area contributed by atoms with Crippen molar-refractivity contribution in [1.82, 2.24) is 10.3 Å². The van der Waals surface area contributed by atoms with Gasteiger partial charge in [-0.3, -0.25) is 10.2 Å². The third-order valence-electron chi connectivity index (χ3n) is 3.78. The van der Waals surface area contributed by atoms with Crippen LogP contribution in [0.3, 0.4) is 0 Å². The lowest BCUT2D eigenvalue weighted by Gasteiger charge is -2.10. The number of amides is 1. The van der Waals surface area contributed by atoms with E-state index in [2.05, 4.69) is 5.43 Å². The van der Waals surface area contributed by atoms with Gasteiger partial charge in [0.05, 0.1) is 4.90 Å². The monoisotopic (exact) mass is 416 g/mol. The van der Waals surface area contributed by atoms with E-state index in [9.17, 15) is 13.2 Å². The minimum atomic E-state index is -3.89. The molecule has 2 N–H and O–H groups in total. The number of hydrogen-bond donors (Lipinski definition) is 2. The molecule has 1 amide bonds. The maximum Gasteiger partial charge on any atom is 0.272 e. The van der Waals surface area contributed by atoms with Gasteiger partial charge in [-0.2, -0.15) is 0 Å². The second kappa shape index (κ2) is 8.88. The van der Waals surface area contributed by atoms with Crippen molar-refractivity contribution in [3.8, 4) is 16.9 Å². The Kier molecular flexibility index (Phi) is 6.30. The summed E-state index contributed by atoms with van der Waals surface area (Å²) in [6.45, 7) is -0.339. The highest BCUT2D eigenvalue weighted by atomic mass is 35.5. The molecule has 0 bridgehead atoms. The highest BCUT2D eigenvalue weighted by Gasteiger charge is 2.15. The highest BCUT2D eigenvalue weighted by Crippen LogP contribution is 2.22. The van der Waals surface area contributed by atoms with Crippen LogP contribution in [-0.4, -0.2) is 20.9 Å². The number of sulfonamides is 1. The Labute approximate surface area is 168 Å². The molecule has 3 aromatic carbocycles. The van der Waals surface area contributed by atoms with Crippen molar-refractivity contribution in [3.63, 3.8) is 0 Å². The van der Waals surface area contributed by atoms with E-state index in [0.29, 0.717) is 10.8 Å². The molecule has 144 valence electrons. The van der Waals surface area contributed by atoms with E-state index in [1.54, 1.807) is 12.1 Å². The van der Waals surface area contributed by atoms with E-state index in [1.807, 2.05) is 47.3 Å². The molecule has 0 fully saturated rings. The molecule has 0 aliphatic heterocycles. The van der Waals surface area contributed by atoms with Crippen LogP contribution in [0.2, 0.25) is 5.02 Å². The molecular formula is C20H17ClN2O4S. The van der Waals surface area contributed by atoms with Gasteiger partial charge in [0.25, 0.3) is 15.9 Å². The lowest BCUT2D eigenvalue weighted by atomic mass is 10.1. The van der Waals surface area contributed by atoms with Crippen molar-refractivity contribution >= 4 is 27.5 Å². The Morgan fingerprint density at radius 1 is 0.857 bits per heavy atom. The number of hydrogen-bond acceptors (Lipinski definition) is 4. The van der Waals surface area contributed by atoms with Crippen LogP contribution in [0.5, 0.6) is 5.75 Å². The van der Waals surface area contributed by atoms with Crippen molar-refractivity contribution in [1.29, 1.82) is 0 Å². The first-order chi connectivity index (χ1) is 13.4. The fourth-order valence-corrected chi connectivity index (χ4v) is 3.34. The Morgan fingerprint density at radius 2 is 1.46 bits per heavy atom. The standard InChI is InChI=1S/C20H17ClN2O4S/c21-17-8-12-19(13-9-17)28(25,26)23-22-20(24)14-27-18-10-6-16(7-11-18)15-4-2-1-3-5-15/h1-13,23H,14H2,(H,22,24). The van der Waals surface area contributed by atoms with E-state index in [-0.39, 0.29) is 11.5 Å². The zero-order valence-electron chi connectivity index (χ0n) is 14.6. The summed E-state index contributed by atoms with van der Waals surface area (Å²) in [6, 6.07) is 22.7. The second-order valence-electron chi connectivity index (χ2n) is 5.79. The topological polar surface area (TPSA) is 84.5 Å². The van der Waals surface area contributed by atoms with E-state index in [4.69, 9.17) is 16.3 Å². The van der Waals surface area contributed by atoms with Crippen LogP contribution >= 0.6 is 11.6 Å². The van der Waals surface area contributed by atoms with Gasteiger partial charge < -0.3 is 4.74 Å². The van der Waals surface area contributed by atoms with Gasteiger partial charge in [0.2, 0.25) is 0 Å². The zero-order valence-corrected chi connectivity index (χ0v) is 16.2. The Hall–Kier alpha value is -2.87. The van der Waals surface area contributed by atoms with Gasteiger partial charge in [-0.15, -0.1) is 4.83 Å². The number of halogens is 1. The molecule has 28 heavy (non-hydrogen) atoms. The first-order valence-electron chi connectivity index (χ1n) is 8.28. The molecule has 3 aromatic rings. The summed E-state index contributed by atoms with van der Waals surface area (Å²) in [5.41, 5.74) is 4.20. The van der Waals surface area contributed by atoms with Crippen LogP contribution in [-0.2, 0) is 14.8 Å². The van der Waals surface area contributed by atoms with Gasteiger partial charge in [-0.25, -0.2) is 8.42 Å². The minimum absolute atomic E-state index is 0.0189. The molecule has 0 spiro atoms. The number of hydrazine groups is 1. The largest absolute Gasteiger partial charge is 0.484 e. The van der Waals surface area contributed by atoms with Crippen LogP contribution in [0.25, 0.3) is 11.1 Å². The van der Waals surface area contributed by atoms with Crippen LogP contribution in [0.4, 0.5) is 0 Å². The van der Waals surface area contributed by atoms with Crippen molar-refractivity contribution in [3.05, 3.63) is 83.9 Å². The number of nitrogens with one attached hydrogen (secondary N) is 2. The summed E-state index contributed by atoms with van der Waals surface area (Å²) >= 11 is 5.73. The van der Waals surface area contributed by atoms with Crippen LogP contribution in [0.15, 0.2) is 83.8 Å². The van der Waals surface area contributed by atoms with E-state index in [0.717, 1.165) is 11.1 Å². The highest BCUT2D eigenvalue weighted by molar-refractivity contribution is 7.89. The number of ether oxygens (including phenoxy) is 1. The third-order valence-corrected chi connectivity index (χ3v) is 5.30. The normalized spacial score (nSPS) is 11.0. The van der Waals surface area contributed by atoms with Gasteiger partial charge in [0, 0.05) is 5.02 Å². The van der Waals surface area contributed by atoms with Crippen molar-refractivity contribution in [2.75, 3.05) is 6.61 Å². The number of carbonyl (C=O) groups is 1. The predicted octanol–water partition coefficient (Wildman–Crippen LogP) is 3.40. The molecule has 3 rings (SSSR count). The summed E-state index contributed by atoms with van der Waals surface area (Å²) < 4.78 is 29.6. The Balaban J connectivity index is 1.51. The lowest BCUT2D eigenvalue weighted by Crippen LogP contribution is -2.43. The summed E-state index contributed by atoms with van der Waals surface area (Å²) in [6.07, 6.45) is 0. The molecule has 0 saturated heterocycles. The van der Waals surface area contributed by atoms with Crippen molar-refractivity contribution in [2.45, 2.75) is 4.90 Å². The van der Waals surface area contributed by atoms with Crippen LogP contribution in [0.1, 0.15) is 0 Å². The summed E-state index contributed by atoms with van der Waals surface area (Å²) in [5, 5.41) is 0.412. The molecule has 8 heteroatoms. The van der Waals surface area contributed by atoms with Crippen LogP contribution in [0, 0.1) is 0 Å².